The maximum absolute atomic E-state index is 11.4. The van der Waals surface area contributed by atoms with Crippen LogP contribution in [-0.4, -0.2) is 37.1 Å². The average Bonchev–Trinajstić information content (AvgIpc) is 2.53. The number of likely N-dealkylation sites (N-methyl/N-ethyl adjacent to an activating group) is 1. The first-order valence-electron chi connectivity index (χ1n) is 4.12. The van der Waals surface area contributed by atoms with Gasteiger partial charge in [0.25, 0.3) is 5.91 Å². The third kappa shape index (κ3) is 1.93. The van der Waals surface area contributed by atoms with Crippen LogP contribution < -0.4 is 0 Å². The lowest BCUT2D eigenvalue weighted by molar-refractivity contribution is -0.139. The van der Waals surface area contributed by atoms with E-state index < -0.39 is 0 Å². The summed E-state index contributed by atoms with van der Waals surface area (Å²) in [7, 11) is 1.81. The van der Waals surface area contributed by atoms with Crippen molar-refractivity contribution in [2.24, 2.45) is 0 Å². The molecule has 0 aromatic rings. The van der Waals surface area contributed by atoms with Crippen molar-refractivity contribution in [2.75, 3.05) is 20.2 Å². The minimum Gasteiger partial charge on any atom is -0.368 e. The number of hydrogen-bond acceptors (Lipinski definition) is 2. The summed E-state index contributed by atoms with van der Waals surface area (Å²) in [5, 5.41) is 0. The molecule has 11 heavy (non-hydrogen) atoms. The lowest BCUT2D eigenvalue weighted by Crippen LogP contribution is -2.35. The third-order valence-electron chi connectivity index (χ3n) is 2.06. The monoisotopic (exact) mass is 157 g/mol. The molecule has 1 heterocycles. The minimum absolute atomic E-state index is 0.130. The van der Waals surface area contributed by atoms with Gasteiger partial charge in [-0.2, -0.15) is 0 Å². The van der Waals surface area contributed by atoms with E-state index in [1.54, 1.807) is 4.90 Å². The molecule has 0 aromatic carbocycles. The van der Waals surface area contributed by atoms with Crippen LogP contribution in [0.1, 0.15) is 19.8 Å². The Labute approximate surface area is 67.3 Å². The van der Waals surface area contributed by atoms with Gasteiger partial charge in [-0.05, 0) is 19.8 Å². The van der Waals surface area contributed by atoms with Crippen molar-refractivity contribution in [1.29, 1.82) is 0 Å². The second-order valence-electron chi connectivity index (χ2n) is 2.85. The van der Waals surface area contributed by atoms with E-state index in [4.69, 9.17) is 4.74 Å². The Morgan fingerprint density at radius 3 is 2.91 bits per heavy atom. The van der Waals surface area contributed by atoms with E-state index in [1.165, 1.54) is 0 Å². The molecule has 1 rings (SSSR count). The zero-order chi connectivity index (χ0) is 8.27. The first-order valence-corrected chi connectivity index (χ1v) is 4.12. The summed E-state index contributed by atoms with van der Waals surface area (Å²) in [6.45, 7) is 3.47. The van der Waals surface area contributed by atoms with Gasteiger partial charge in [-0.15, -0.1) is 0 Å². The molecule has 0 radical (unpaired) electrons. The van der Waals surface area contributed by atoms with E-state index >= 15 is 0 Å². The number of carbonyl (C=O) groups is 1. The van der Waals surface area contributed by atoms with Crippen LogP contribution in [0.15, 0.2) is 0 Å². The Kier molecular flexibility index (Phi) is 2.88. The van der Waals surface area contributed by atoms with Crippen LogP contribution in [0.3, 0.4) is 0 Å². The number of ether oxygens (including phenoxy) is 1. The minimum atomic E-state index is -0.153. The molecule has 0 saturated carbocycles. The van der Waals surface area contributed by atoms with E-state index in [0.29, 0.717) is 0 Å². The molecule has 1 saturated heterocycles. The largest absolute Gasteiger partial charge is 0.368 e. The first kappa shape index (κ1) is 8.53. The second-order valence-corrected chi connectivity index (χ2v) is 2.85. The molecule has 1 aliphatic heterocycles. The van der Waals surface area contributed by atoms with E-state index in [9.17, 15) is 4.79 Å². The van der Waals surface area contributed by atoms with Crippen LogP contribution in [-0.2, 0) is 9.53 Å². The zero-order valence-corrected chi connectivity index (χ0v) is 7.17. The van der Waals surface area contributed by atoms with Crippen molar-refractivity contribution in [3.05, 3.63) is 0 Å². The highest BCUT2D eigenvalue weighted by molar-refractivity contribution is 5.80. The fraction of sp³-hybridized carbons (Fsp3) is 0.875. The van der Waals surface area contributed by atoms with Gasteiger partial charge in [0.1, 0.15) is 6.10 Å². The number of rotatable bonds is 2. The number of amides is 1. The second kappa shape index (κ2) is 3.72. The maximum atomic E-state index is 11.4. The average molecular weight is 157 g/mol. The molecule has 0 aromatic heterocycles. The molecule has 1 atom stereocenters. The maximum Gasteiger partial charge on any atom is 0.251 e. The molecule has 1 fully saturated rings. The van der Waals surface area contributed by atoms with Gasteiger partial charge < -0.3 is 9.64 Å². The molecule has 64 valence electrons. The van der Waals surface area contributed by atoms with Crippen LogP contribution in [0.25, 0.3) is 0 Å². The van der Waals surface area contributed by atoms with Crippen LogP contribution in [0.2, 0.25) is 0 Å². The molecule has 3 nitrogen and oxygen atoms in total. The molecular formula is C8H15NO2. The Balaban J connectivity index is 2.39. The van der Waals surface area contributed by atoms with Gasteiger partial charge in [-0.25, -0.2) is 0 Å². The Bertz CT molecular complexity index is 141. The first-order chi connectivity index (χ1) is 5.25. The van der Waals surface area contributed by atoms with Crippen LogP contribution in [0, 0.1) is 0 Å². The topological polar surface area (TPSA) is 29.5 Å². The summed E-state index contributed by atoms with van der Waals surface area (Å²) in [4.78, 5) is 13.1. The predicted octanol–water partition coefficient (Wildman–Crippen LogP) is 0.644. The highest BCUT2D eigenvalue weighted by atomic mass is 16.5. The lowest BCUT2D eigenvalue weighted by Gasteiger charge is -2.18. The van der Waals surface area contributed by atoms with Gasteiger partial charge in [0.05, 0.1) is 0 Å². The molecule has 0 N–H and O–H groups in total. The van der Waals surface area contributed by atoms with Gasteiger partial charge in [0, 0.05) is 20.2 Å². The predicted molar refractivity (Wildman–Crippen MR) is 42.3 cm³/mol. The standard InChI is InChI=1S/C8H15NO2/c1-3-9(2)8(10)7-5-4-6-11-7/h7H,3-6H2,1-2H3. The van der Waals surface area contributed by atoms with Crippen molar-refractivity contribution < 1.29 is 9.53 Å². The number of nitrogens with zero attached hydrogens (tertiary/aromatic N) is 1. The Morgan fingerprint density at radius 2 is 2.45 bits per heavy atom. The summed E-state index contributed by atoms with van der Waals surface area (Å²) >= 11 is 0. The van der Waals surface area contributed by atoms with Gasteiger partial charge in [-0.3, -0.25) is 4.79 Å². The fourth-order valence-electron chi connectivity index (χ4n) is 1.17. The van der Waals surface area contributed by atoms with Crippen molar-refractivity contribution in [2.45, 2.75) is 25.9 Å². The number of carbonyl (C=O) groups excluding carboxylic acids is 1. The molecule has 1 amide bonds. The SMILES string of the molecule is CCN(C)C(=O)C1CCCO1. The van der Waals surface area contributed by atoms with Crippen LogP contribution in [0.4, 0.5) is 0 Å². The van der Waals surface area contributed by atoms with Crippen LogP contribution >= 0.6 is 0 Å². The van der Waals surface area contributed by atoms with E-state index in [-0.39, 0.29) is 12.0 Å². The summed E-state index contributed by atoms with van der Waals surface area (Å²) in [6.07, 6.45) is 1.76. The van der Waals surface area contributed by atoms with Gasteiger partial charge in [0.15, 0.2) is 0 Å². The third-order valence-corrected chi connectivity index (χ3v) is 2.06. The molecular weight excluding hydrogens is 142 g/mol. The van der Waals surface area contributed by atoms with Crippen molar-refractivity contribution in [3.8, 4) is 0 Å². The summed E-state index contributed by atoms with van der Waals surface area (Å²) in [5.74, 6) is 0.130. The molecule has 1 aliphatic rings. The molecule has 3 heteroatoms. The number of hydrogen-bond donors (Lipinski definition) is 0. The summed E-state index contributed by atoms with van der Waals surface area (Å²) in [5.41, 5.74) is 0. The fourth-order valence-corrected chi connectivity index (χ4v) is 1.17. The Hall–Kier alpha value is -0.570. The van der Waals surface area contributed by atoms with Crippen molar-refractivity contribution in [3.63, 3.8) is 0 Å². The van der Waals surface area contributed by atoms with Gasteiger partial charge in [-0.1, -0.05) is 0 Å². The van der Waals surface area contributed by atoms with E-state index in [1.807, 2.05) is 14.0 Å². The quantitative estimate of drug-likeness (QED) is 0.589. The van der Waals surface area contributed by atoms with Gasteiger partial charge in [0.2, 0.25) is 0 Å². The summed E-state index contributed by atoms with van der Waals surface area (Å²) < 4.78 is 5.25. The van der Waals surface area contributed by atoms with Crippen molar-refractivity contribution >= 4 is 5.91 Å². The Morgan fingerprint density at radius 1 is 1.73 bits per heavy atom. The molecule has 0 spiro atoms. The van der Waals surface area contributed by atoms with E-state index in [2.05, 4.69) is 0 Å². The highest BCUT2D eigenvalue weighted by Gasteiger charge is 2.25. The summed E-state index contributed by atoms with van der Waals surface area (Å²) in [6, 6.07) is 0. The van der Waals surface area contributed by atoms with Crippen molar-refractivity contribution in [1.82, 2.24) is 4.90 Å². The normalized spacial score (nSPS) is 23.6. The van der Waals surface area contributed by atoms with Gasteiger partial charge >= 0.3 is 0 Å². The zero-order valence-electron chi connectivity index (χ0n) is 7.17. The highest BCUT2D eigenvalue weighted by Crippen LogP contribution is 2.13. The van der Waals surface area contributed by atoms with E-state index in [0.717, 1.165) is 26.0 Å². The molecule has 1 unspecified atom stereocenters. The molecule has 0 aliphatic carbocycles. The smallest absolute Gasteiger partial charge is 0.251 e. The van der Waals surface area contributed by atoms with Crippen LogP contribution in [0.5, 0.6) is 0 Å². The lowest BCUT2D eigenvalue weighted by atomic mass is 10.2. The molecule has 0 bridgehead atoms.